The van der Waals surface area contributed by atoms with Gasteiger partial charge in [0, 0.05) is 22.4 Å². The van der Waals surface area contributed by atoms with Crippen LogP contribution in [0.15, 0.2) is 188 Å². The Morgan fingerprint density at radius 2 is 0.940 bits per heavy atom. The molecule has 0 aromatic heterocycles. The second-order valence-electron chi connectivity index (χ2n) is 13.7. The zero-order chi connectivity index (χ0) is 33.7. The van der Waals surface area contributed by atoms with Crippen molar-refractivity contribution in [1.29, 1.82) is 0 Å². The van der Waals surface area contributed by atoms with Crippen LogP contribution in [-0.4, -0.2) is 0 Å². The first kappa shape index (κ1) is 29.9. The van der Waals surface area contributed by atoms with E-state index < -0.39 is 0 Å². The topological polar surface area (TPSA) is 3.24 Å². The monoisotopic (exact) mass is 639 g/mol. The molecule has 0 saturated heterocycles. The third kappa shape index (κ3) is 4.94. The molecule has 8 aromatic carbocycles. The highest BCUT2D eigenvalue weighted by atomic mass is 15.1. The molecule has 0 unspecified atom stereocenters. The highest BCUT2D eigenvalue weighted by Gasteiger charge is 2.36. The van der Waals surface area contributed by atoms with E-state index in [1.54, 1.807) is 0 Å². The summed E-state index contributed by atoms with van der Waals surface area (Å²) < 4.78 is 0. The Hall–Kier alpha value is -6.18. The quantitative estimate of drug-likeness (QED) is 0.175. The maximum absolute atomic E-state index is 2.46. The van der Waals surface area contributed by atoms with Crippen LogP contribution in [0.25, 0.3) is 55.3 Å². The van der Waals surface area contributed by atoms with E-state index in [0.717, 1.165) is 17.1 Å². The van der Waals surface area contributed by atoms with E-state index in [-0.39, 0.29) is 5.41 Å². The minimum absolute atomic E-state index is 0.113. The van der Waals surface area contributed by atoms with Gasteiger partial charge in [0.25, 0.3) is 0 Å². The molecule has 9 rings (SSSR count). The predicted octanol–water partition coefficient (Wildman–Crippen LogP) is 13.6. The fourth-order valence-electron chi connectivity index (χ4n) is 8.03. The van der Waals surface area contributed by atoms with Crippen LogP contribution in [0.3, 0.4) is 0 Å². The van der Waals surface area contributed by atoms with Crippen LogP contribution < -0.4 is 4.90 Å². The maximum atomic E-state index is 2.46. The van der Waals surface area contributed by atoms with Crippen LogP contribution in [0.5, 0.6) is 0 Å². The summed E-state index contributed by atoms with van der Waals surface area (Å²) in [5.41, 5.74) is 15.9. The summed E-state index contributed by atoms with van der Waals surface area (Å²) in [7, 11) is 0. The van der Waals surface area contributed by atoms with Crippen molar-refractivity contribution in [3.8, 4) is 44.5 Å². The van der Waals surface area contributed by atoms with Crippen molar-refractivity contribution >= 4 is 27.8 Å². The SMILES string of the molecule is CC1(C)c2ccccc2-c2ccc(N(c3cccc(-c4cccc5ccccc45)c3)c3ccccc3-c3ccccc3-c3ccccc3)cc21. The molecule has 1 aliphatic rings. The average Bonchev–Trinajstić information content (AvgIpc) is 3.41. The van der Waals surface area contributed by atoms with E-state index in [0.29, 0.717) is 0 Å². The van der Waals surface area contributed by atoms with Gasteiger partial charge < -0.3 is 4.90 Å². The van der Waals surface area contributed by atoms with Gasteiger partial charge >= 0.3 is 0 Å². The fraction of sp³-hybridized carbons (Fsp3) is 0.0612. The van der Waals surface area contributed by atoms with Crippen LogP contribution in [-0.2, 0) is 5.41 Å². The van der Waals surface area contributed by atoms with Crippen LogP contribution in [0, 0.1) is 0 Å². The molecule has 0 spiro atoms. The number of fused-ring (bicyclic) bond motifs is 4. The molecule has 0 fully saturated rings. The maximum Gasteiger partial charge on any atom is 0.0540 e. The number of rotatable bonds is 6. The van der Waals surface area contributed by atoms with E-state index in [1.807, 2.05) is 0 Å². The average molecular weight is 640 g/mol. The van der Waals surface area contributed by atoms with Crippen molar-refractivity contribution < 1.29 is 0 Å². The Morgan fingerprint density at radius 3 is 1.80 bits per heavy atom. The summed E-state index contributed by atoms with van der Waals surface area (Å²) in [5, 5.41) is 2.50. The first-order valence-corrected chi connectivity index (χ1v) is 17.4. The number of benzene rings is 8. The van der Waals surface area contributed by atoms with Gasteiger partial charge in [0.1, 0.15) is 0 Å². The molecule has 1 heteroatoms. The molecular formula is C49H37N. The molecule has 50 heavy (non-hydrogen) atoms. The molecule has 0 amide bonds. The minimum Gasteiger partial charge on any atom is -0.310 e. The number of hydrogen-bond acceptors (Lipinski definition) is 1. The van der Waals surface area contributed by atoms with Crippen molar-refractivity contribution in [2.24, 2.45) is 0 Å². The third-order valence-electron chi connectivity index (χ3n) is 10.5. The minimum atomic E-state index is -0.113. The van der Waals surface area contributed by atoms with Crippen molar-refractivity contribution in [3.63, 3.8) is 0 Å². The van der Waals surface area contributed by atoms with Gasteiger partial charge in [0.15, 0.2) is 0 Å². The first-order chi connectivity index (χ1) is 24.6. The number of nitrogens with zero attached hydrogens (tertiary/aromatic N) is 1. The van der Waals surface area contributed by atoms with Crippen molar-refractivity contribution in [2.45, 2.75) is 19.3 Å². The zero-order valence-electron chi connectivity index (χ0n) is 28.3. The Bertz CT molecular complexity index is 2520. The summed E-state index contributed by atoms with van der Waals surface area (Å²) in [5.74, 6) is 0. The van der Waals surface area contributed by atoms with Gasteiger partial charge in [-0.15, -0.1) is 0 Å². The van der Waals surface area contributed by atoms with Crippen molar-refractivity contribution in [2.75, 3.05) is 4.90 Å². The Morgan fingerprint density at radius 1 is 0.360 bits per heavy atom. The van der Waals surface area contributed by atoms with Crippen LogP contribution in [0.2, 0.25) is 0 Å². The standard InChI is InChI=1S/C49H37N/c1-49(2)46-28-12-10-25-43(46)44-31-30-38(33-47(44)49)50(37-21-14-20-36(32-37)41-27-15-19-35-18-6-7-22-39(35)41)48-29-13-11-26-45(48)42-24-9-8-23-40(42)34-16-4-3-5-17-34/h3-33H,1-2H3. The lowest BCUT2D eigenvalue weighted by Crippen LogP contribution is -2.17. The molecule has 0 bridgehead atoms. The molecule has 238 valence electrons. The number of hydrogen-bond donors (Lipinski definition) is 0. The van der Waals surface area contributed by atoms with Crippen LogP contribution in [0.4, 0.5) is 17.1 Å². The van der Waals surface area contributed by atoms with Gasteiger partial charge in [0.2, 0.25) is 0 Å². The summed E-state index contributed by atoms with van der Waals surface area (Å²) in [6, 6.07) is 68.6. The smallest absolute Gasteiger partial charge is 0.0540 e. The van der Waals surface area contributed by atoms with Gasteiger partial charge in [-0.1, -0.05) is 172 Å². The van der Waals surface area contributed by atoms with Crippen molar-refractivity contribution in [1.82, 2.24) is 0 Å². The lowest BCUT2D eigenvalue weighted by Gasteiger charge is -2.30. The van der Waals surface area contributed by atoms with E-state index in [1.165, 1.54) is 66.4 Å². The number of anilines is 3. The van der Waals surface area contributed by atoms with Crippen LogP contribution in [0.1, 0.15) is 25.0 Å². The van der Waals surface area contributed by atoms with Gasteiger partial charge in [-0.05, 0) is 91.2 Å². The number of para-hydroxylation sites is 1. The summed E-state index contributed by atoms with van der Waals surface area (Å²) in [6.45, 7) is 4.72. The van der Waals surface area contributed by atoms with E-state index in [9.17, 15) is 0 Å². The van der Waals surface area contributed by atoms with Crippen molar-refractivity contribution in [3.05, 3.63) is 199 Å². The predicted molar refractivity (Wildman–Crippen MR) is 213 cm³/mol. The first-order valence-electron chi connectivity index (χ1n) is 17.4. The molecule has 0 radical (unpaired) electrons. The van der Waals surface area contributed by atoms with Gasteiger partial charge in [-0.25, -0.2) is 0 Å². The molecule has 0 N–H and O–H groups in total. The molecule has 0 heterocycles. The molecule has 8 aromatic rings. The normalized spacial score (nSPS) is 12.8. The second kappa shape index (κ2) is 12.1. The van der Waals surface area contributed by atoms with Crippen LogP contribution >= 0.6 is 0 Å². The highest BCUT2D eigenvalue weighted by molar-refractivity contribution is 5.99. The Labute approximate surface area is 294 Å². The second-order valence-corrected chi connectivity index (χ2v) is 13.7. The summed E-state index contributed by atoms with van der Waals surface area (Å²) in [6.07, 6.45) is 0. The van der Waals surface area contributed by atoms with E-state index >= 15 is 0 Å². The molecule has 0 atom stereocenters. The third-order valence-corrected chi connectivity index (χ3v) is 10.5. The molecule has 1 nitrogen and oxygen atoms in total. The fourth-order valence-corrected chi connectivity index (χ4v) is 8.03. The lowest BCUT2D eigenvalue weighted by molar-refractivity contribution is 0.660. The van der Waals surface area contributed by atoms with Gasteiger partial charge in [-0.2, -0.15) is 0 Å². The summed E-state index contributed by atoms with van der Waals surface area (Å²) in [4.78, 5) is 2.46. The molecule has 1 aliphatic carbocycles. The van der Waals surface area contributed by atoms with Gasteiger partial charge in [-0.3, -0.25) is 0 Å². The lowest BCUT2D eigenvalue weighted by atomic mass is 9.82. The Kier molecular flexibility index (Phi) is 7.21. The molecular weight excluding hydrogens is 603 g/mol. The molecule has 0 saturated carbocycles. The van der Waals surface area contributed by atoms with E-state index in [4.69, 9.17) is 0 Å². The largest absolute Gasteiger partial charge is 0.310 e. The van der Waals surface area contributed by atoms with Gasteiger partial charge in [0.05, 0.1) is 5.69 Å². The molecule has 0 aliphatic heterocycles. The van der Waals surface area contributed by atoms with E-state index in [2.05, 4.69) is 207 Å². The Balaban J connectivity index is 1.28. The zero-order valence-corrected chi connectivity index (χ0v) is 28.3. The summed E-state index contributed by atoms with van der Waals surface area (Å²) >= 11 is 0. The highest BCUT2D eigenvalue weighted by Crippen LogP contribution is 2.51.